The Labute approximate surface area is 116 Å². The van der Waals surface area contributed by atoms with Gasteiger partial charge in [0.25, 0.3) is 0 Å². The smallest absolute Gasteiger partial charge is 0.326 e. The average Bonchev–Trinajstić information content (AvgIpc) is 2.97. The first-order valence-electron chi connectivity index (χ1n) is 6.15. The molecule has 20 heavy (non-hydrogen) atoms. The molecule has 0 aliphatic carbocycles. The Morgan fingerprint density at radius 1 is 1.05 bits per heavy atom. The van der Waals surface area contributed by atoms with Crippen molar-refractivity contribution >= 4 is 11.7 Å². The van der Waals surface area contributed by atoms with Gasteiger partial charge in [0.15, 0.2) is 0 Å². The highest BCUT2D eigenvalue weighted by Gasteiger charge is 2.08. The van der Waals surface area contributed by atoms with E-state index in [0.717, 1.165) is 17.0 Å². The maximum atomic E-state index is 5.18. The second-order valence-electron chi connectivity index (χ2n) is 4.15. The van der Waals surface area contributed by atoms with Gasteiger partial charge in [-0.15, -0.1) is 0 Å². The fourth-order valence-electron chi connectivity index (χ4n) is 1.80. The Morgan fingerprint density at radius 2 is 1.90 bits per heavy atom. The summed E-state index contributed by atoms with van der Waals surface area (Å²) < 4.78 is 10.3. The molecule has 1 aromatic heterocycles. The summed E-state index contributed by atoms with van der Waals surface area (Å²) in [7, 11) is 1.62. The monoisotopic (exact) mass is 267 g/mol. The van der Waals surface area contributed by atoms with E-state index in [1.807, 2.05) is 54.6 Å². The summed E-state index contributed by atoms with van der Waals surface area (Å²) in [6.45, 7) is 0. The summed E-state index contributed by atoms with van der Waals surface area (Å²) in [5, 5.41) is 6.99. The number of nitrogens with zero attached hydrogens (tertiary/aromatic N) is 2. The highest BCUT2D eigenvalue weighted by atomic mass is 16.5. The minimum Gasteiger partial charge on any atom is -0.497 e. The molecule has 0 radical (unpaired) electrons. The van der Waals surface area contributed by atoms with E-state index in [1.54, 1.807) is 7.11 Å². The van der Waals surface area contributed by atoms with Gasteiger partial charge in [0, 0.05) is 17.3 Å². The van der Waals surface area contributed by atoms with Crippen molar-refractivity contribution in [3.05, 3.63) is 54.6 Å². The fraction of sp³-hybridized carbons (Fsp3) is 0.0667. The number of ether oxygens (including phenoxy) is 1. The van der Waals surface area contributed by atoms with Gasteiger partial charge < -0.3 is 14.6 Å². The van der Waals surface area contributed by atoms with Crippen LogP contribution in [0.2, 0.25) is 0 Å². The molecule has 0 aliphatic heterocycles. The summed E-state index contributed by atoms with van der Waals surface area (Å²) in [5.74, 6) is 1.31. The lowest BCUT2D eigenvalue weighted by Gasteiger charge is -2.03. The Balaban J connectivity index is 1.80. The van der Waals surface area contributed by atoms with Crippen molar-refractivity contribution < 1.29 is 9.26 Å². The van der Waals surface area contributed by atoms with Gasteiger partial charge in [0.05, 0.1) is 7.11 Å². The first kappa shape index (κ1) is 12.2. The normalized spacial score (nSPS) is 10.2. The van der Waals surface area contributed by atoms with Gasteiger partial charge in [-0.2, -0.15) is 4.98 Å². The molecule has 2 aromatic carbocycles. The molecule has 0 amide bonds. The first-order valence-corrected chi connectivity index (χ1v) is 6.15. The average molecular weight is 267 g/mol. The molecular formula is C15H13N3O2. The summed E-state index contributed by atoms with van der Waals surface area (Å²) in [6.07, 6.45) is 0. The molecule has 100 valence electrons. The maximum absolute atomic E-state index is 5.18. The van der Waals surface area contributed by atoms with Crippen LogP contribution in [0.4, 0.5) is 11.7 Å². The Morgan fingerprint density at radius 3 is 2.70 bits per heavy atom. The van der Waals surface area contributed by atoms with Gasteiger partial charge in [-0.1, -0.05) is 41.6 Å². The minimum atomic E-state index is 0.345. The number of methoxy groups -OCH3 is 1. The second kappa shape index (κ2) is 5.44. The Bertz CT molecular complexity index is 695. The molecule has 0 aliphatic rings. The summed E-state index contributed by atoms with van der Waals surface area (Å²) in [4.78, 5) is 4.30. The van der Waals surface area contributed by atoms with Crippen molar-refractivity contribution in [2.24, 2.45) is 0 Å². The lowest BCUT2D eigenvalue weighted by molar-refractivity contribution is 0.415. The van der Waals surface area contributed by atoms with Crippen molar-refractivity contribution in [1.82, 2.24) is 10.1 Å². The van der Waals surface area contributed by atoms with Gasteiger partial charge in [-0.3, -0.25) is 0 Å². The number of hydrogen-bond donors (Lipinski definition) is 1. The van der Waals surface area contributed by atoms with Crippen molar-refractivity contribution in [3.8, 4) is 17.1 Å². The van der Waals surface area contributed by atoms with Gasteiger partial charge in [0.1, 0.15) is 5.75 Å². The van der Waals surface area contributed by atoms with Crippen molar-refractivity contribution in [2.45, 2.75) is 0 Å². The Hall–Kier alpha value is -2.82. The van der Waals surface area contributed by atoms with E-state index in [0.29, 0.717) is 11.8 Å². The van der Waals surface area contributed by atoms with E-state index < -0.39 is 0 Å². The predicted molar refractivity (Wildman–Crippen MR) is 76.0 cm³/mol. The number of hydrogen-bond acceptors (Lipinski definition) is 5. The third-order valence-corrected chi connectivity index (χ3v) is 2.78. The highest BCUT2D eigenvalue weighted by molar-refractivity contribution is 5.59. The Kier molecular flexibility index (Phi) is 3.33. The molecule has 0 saturated carbocycles. The predicted octanol–water partition coefficient (Wildman–Crippen LogP) is 3.49. The van der Waals surface area contributed by atoms with Crippen LogP contribution < -0.4 is 10.1 Å². The number of benzene rings is 2. The van der Waals surface area contributed by atoms with Gasteiger partial charge in [-0.05, 0) is 12.1 Å². The SMILES string of the molecule is COc1cccc(Nc2nc(-c3ccccc3)no2)c1. The zero-order chi connectivity index (χ0) is 13.8. The van der Waals surface area contributed by atoms with Crippen LogP contribution in [-0.4, -0.2) is 17.3 Å². The van der Waals surface area contributed by atoms with Gasteiger partial charge in [-0.25, -0.2) is 0 Å². The van der Waals surface area contributed by atoms with Crippen LogP contribution in [0.1, 0.15) is 0 Å². The van der Waals surface area contributed by atoms with E-state index in [9.17, 15) is 0 Å². The number of aromatic nitrogens is 2. The lowest BCUT2D eigenvalue weighted by Crippen LogP contribution is -1.91. The molecule has 0 spiro atoms. The van der Waals surface area contributed by atoms with E-state index in [2.05, 4.69) is 15.5 Å². The third kappa shape index (κ3) is 2.61. The van der Waals surface area contributed by atoms with E-state index >= 15 is 0 Å². The van der Waals surface area contributed by atoms with Crippen LogP contribution in [-0.2, 0) is 0 Å². The zero-order valence-corrected chi connectivity index (χ0v) is 10.9. The second-order valence-corrected chi connectivity index (χ2v) is 4.15. The van der Waals surface area contributed by atoms with Gasteiger partial charge in [0.2, 0.25) is 5.82 Å². The number of anilines is 2. The minimum absolute atomic E-state index is 0.345. The largest absolute Gasteiger partial charge is 0.497 e. The highest BCUT2D eigenvalue weighted by Crippen LogP contribution is 2.22. The molecular weight excluding hydrogens is 254 g/mol. The number of nitrogens with one attached hydrogen (secondary N) is 1. The van der Waals surface area contributed by atoms with Crippen LogP contribution in [0, 0.1) is 0 Å². The summed E-state index contributed by atoms with van der Waals surface area (Å²) in [5.41, 5.74) is 1.74. The summed E-state index contributed by atoms with van der Waals surface area (Å²) in [6, 6.07) is 17.5. The molecule has 0 fully saturated rings. The van der Waals surface area contributed by atoms with E-state index in [4.69, 9.17) is 9.26 Å². The molecule has 5 nitrogen and oxygen atoms in total. The van der Waals surface area contributed by atoms with Crippen LogP contribution >= 0.6 is 0 Å². The fourth-order valence-corrected chi connectivity index (χ4v) is 1.80. The van der Waals surface area contributed by atoms with Crippen LogP contribution in [0.25, 0.3) is 11.4 Å². The first-order chi connectivity index (χ1) is 9.85. The molecule has 0 saturated heterocycles. The molecule has 5 heteroatoms. The standard InChI is InChI=1S/C15H13N3O2/c1-19-13-9-5-8-12(10-13)16-15-17-14(18-20-15)11-6-3-2-4-7-11/h2-10H,1H3,(H,16,17,18). The van der Waals surface area contributed by atoms with E-state index in [-0.39, 0.29) is 0 Å². The number of rotatable bonds is 4. The molecule has 0 unspecified atom stereocenters. The molecule has 3 rings (SSSR count). The van der Waals surface area contributed by atoms with Gasteiger partial charge >= 0.3 is 6.01 Å². The van der Waals surface area contributed by atoms with Crippen LogP contribution in [0.3, 0.4) is 0 Å². The zero-order valence-electron chi connectivity index (χ0n) is 10.9. The third-order valence-electron chi connectivity index (χ3n) is 2.78. The van der Waals surface area contributed by atoms with Crippen molar-refractivity contribution in [3.63, 3.8) is 0 Å². The molecule has 1 heterocycles. The summed E-state index contributed by atoms with van der Waals surface area (Å²) >= 11 is 0. The van der Waals surface area contributed by atoms with Crippen LogP contribution in [0.5, 0.6) is 5.75 Å². The van der Waals surface area contributed by atoms with Crippen LogP contribution in [0.15, 0.2) is 59.1 Å². The van der Waals surface area contributed by atoms with Crippen molar-refractivity contribution in [1.29, 1.82) is 0 Å². The lowest BCUT2D eigenvalue weighted by atomic mass is 10.2. The molecule has 3 aromatic rings. The van der Waals surface area contributed by atoms with Crippen molar-refractivity contribution in [2.75, 3.05) is 12.4 Å². The quantitative estimate of drug-likeness (QED) is 0.784. The molecule has 0 bridgehead atoms. The topological polar surface area (TPSA) is 60.2 Å². The molecule has 0 atom stereocenters. The van der Waals surface area contributed by atoms with E-state index in [1.165, 1.54) is 0 Å². The molecule has 1 N–H and O–H groups in total. The maximum Gasteiger partial charge on any atom is 0.326 e.